The van der Waals surface area contributed by atoms with Gasteiger partial charge in [-0.3, -0.25) is 4.79 Å². The summed E-state index contributed by atoms with van der Waals surface area (Å²) in [6.45, 7) is 3.64. The summed E-state index contributed by atoms with van der Waals surface area (Å²) in [6.07, 6.45) is -0.803. The molecule has 0 amide bonds. The third kappa shape index (κ3) is 1.09. The fourth-order valence-electron chi connectivity index (χ4n) is 2.22. The summed E-state index contributed by atoms with van der Waals surface area (Å²) in [5.74, 6) is -0.860. The maximum absolute atomic E-state index is 11.0. The Morgan fingerprint density at radius 3 is 2.86 bits per heavy atom. The molecule has 0 spiro atoms. The van der Waals surface area contributed by atoms with Gasteiger partial charge < -0.3 is 18.9 Å². The Kier molecular flexibility index (Phi) is 1.53. The van der Waals surface area contributed by atoms with Crippen LogP contribution < -0.4 is 0 Å². The summed E-state index contributed by atoms with van der Waals surface area (Å²) >= 11 is 0. The average molecular weight is 200 g/mol. The first-order valence-electron chi connectivity index (χ1n) is 4.76. The van der Waals surface area contributed by atoms with Crippen LogP contribution in [0.2, 0.25) is 0 Å². The van der Waals surface area contributed by atoms with Crippen LogP contribution in [0.1, 0.15) is 20.3 Å². The van der Waals surface area contributed by atoms with E-state index < -0.39 is 5.79 Å². The Morgan fingerprint density at radius 2 is 2.07 bits per heavy atom. The molecular weight excluding hydrogens is 188 g/mol. The van der Waals surface area contributed by atoms with Gasteiger partial charge in [0.15, 0.2) is 24.3 Å². The Balaban J connectivity index is 1.81. The number of carbonyl (C=O) groups is 1. The standard InChI is InChI=1S/C9H12O5/c1-9(2)13-7-6-4(3-5(10)12-6)11-8(7)14-9/h4,6-8H,3H2,1-2H3/t4-,6?,7-,8-/m1/s1. The van der Waals surface area contributed by atoms with Gasteiger partial charge in [-0.25, -0.2) is 0 Å². The first-order chi connectivity index (χ1) is 6.55. The Morgan fingerprint density at radius 1 is 1.29 bits per heavy atom. The molecule has 0 aromatic carbocycles. The van der Waals surface area contributed by atoms with Crippen molar-refractivity contribution in [3.63, 3.8) is 0 Å². The second kappa shape index (κ2) is 2.48. The zero-order chi connectivity index (χ0) is 9.92. The van der Waals surface area contributed by atoms with Gasteiger partial charge in [0, 0.05) is 0 Å². The predicted molar refractivity (Wildman–Crippen MR) is 43.2 cm³/mol. The van der Waals surface area contributed by atoms with Crippen LogP contribution in [-0.4, -0.2) is 36.4 Å². The number of esters is 1. The molecule has 14 heavy (non-hydrogen) atoms. The Hall–Kier alpha value is -0.650. The number of fused-ring (bicyclic) bond motifs is 3. The van der Waals surface area contributed by atoms with E-state index >= 15 is 0 Å². The molecule has 3 aliphatic rings. The van der Waals surface area contributed by atoms with Crippen LogP contribution in [0.25, 0.3) is 0 Å². The first-order valence-corrected chi connectivity index (χ1v) is 4.76. The van der Waals surface area contributed by atoms with Gasteiger partial charge in [-0.15, -0.1) is 0 Å². The summed E-state index contributed by atoms with van der Waals surface area (Å²) < 4.78 is 21.8. The van der Waals surface area contributed by atoms with Crippen LogP contribution >= 0.6 is 0 Å². The van der Waals surface area contributed by atoms with E-state index in [1.54, 1.807) is 0 Å². The summed E-state index contributed by atoms with van der Waals surface area (Å²) in [4.78, 5) is 11.0. The average Bonchev–Trinajstić information content (AvgIpc) is 2.58. The van der Waals surface area contributed by atoms with Crippen molar-refractivity contribution in [2.45, 2.75) is 50.7 Å². The van der Waals surface area contributed by atoms with Crippen LogP contribution in [0.15, 0.2) is 0 Å². The number of rotatable bonds is 0. The van der Waals surface area contributed by atoms with Gasteiger partial charge >= 0.3 is 5.97 Å². The lowest BCUT2D eigenvalue weighted by molar-refractivity contribution is -0.209. The summed E-state index contributed by atoms with van der Waals surface area (Å²) in [5, 5.41) is 0. The third-order valence-corrected chi connectivity index (χ3v) is 2.72. The third-order valence-electron chi connectivity index (χ3n) is 2.72. The molecule has 5 nitrogen and oxygen atoms in total. The van der Waals surface area contributed by atoms with Gasteiger partial charge in [-0.1, -0.05) is 0 Å². The fourth-order valence-corrected chi connectivity index (χ4v) is 2.22. The van der Waals surface area contributed by atoms with Crippen molar-refractivity contribution in [1.82, 2.24) is 0 Å². The van der Waals surface area contributed by atoms with Gasteiger partial charge in [0.1, 0.15) is 6.10 Å². The zero-order valence-electron chi connectivity index (χ0n) is 8.06. The van der Waals surface area contributed by atoms with Crippen LogP contribution in [0.3, 0.4) is 0 Å². The van der Waals surface area contributed by atoms with Gasteiger partial charge in [0.25, 0.3) is 0 Å². The SMILES string of the molecule is CC1(C)O[C@H]2O[C@@H]3CC(=O)OC3[C@H]2O1. The van der Waals surface area contributed by atoms with Crippen LogP contribution in [0, 0.1) is 0 Å². The van der Waals surface area contributed by atoms with E-state index in [1.807, 2.05) is 13.8 Å². The summed E-state index contributed by atoms with van der Waals surface area (Å²) in [6, 6.07) is 0. The van der Waals surface area contributed by atoms with Crippen LogP contribution in [-0.2, 0) is 23.7 Å². The van der Waals surface area contributed by atoms with Gasteiger partial charge in [0.2, 0.25) is 0 Å². The van der Waals surface area contributed by atoms with E-state index in [0.29, 0.717) is 6.42 Å². The maximum Gasteiger partial charge on any atom is 0.309 e. The predicted octanol–water partition coefficient (Wildman–Crippen LogP) is 0.178. The second-order valence-corrected chi connectivity index (χ2v) is 4.30. The van der Waals surface area contributed by atoms with Gasteiger partial charge in [-0.05, 0) is 13.8 Å². The Bertz CT molecular complexity index is 287. The second-order valence-electron chi connectivity index (χ2n) is 4.30. The number of carbonyl (C=O) groups excluding carboxylic acids is 1. The maximum atomic E-state index is 11.0. The lowest BCUT2D eigenvalue weighted by Crippen LogP contribution is -2.32. The fraction of sp³-hybridized carbons (Fsp3) is 0.889. The summed E-state index contributed by atoms with van der Waals surface area (Å²) in [5.41, 5.74) is 0. The molecule has 1 unspecified atom stereocenters. The number of hydrogen-bond acceptors (Lipinski definition) is 5. The molecule has 3 heterocycles. The van der Waals surface area contributed by atoms with Crippen molar-refractivity contribution in [1.29, 1.82) is 0 Å². The number of ether oxygens (including phenoxy) is 4. The highest BCUT2D eigenvalue weighted by molar-refractivity contribution is 5.73. The molecule has 0 aromatic heterocycles. The van der Waals surface area contributed by atoms with Gasteiger partial charge in [-0.2, -0.15) is 0 Å². The molecule has 0 bridgehead atoms. The van der Waals surface area contributed by atoms with Crippen molar-refractivity contribution in [3.8, 4) is 0 Å². The molecule has 3 fully saturated rings. The molecule has 4 atom stereocenters. The topological polar surface area (TPSA) is 54.0 Å². The Labute approximate surface area is 81.3 Å². The minimum atomic E-state index is -0.644. The van der Waals surface area contributed by atoms with E-state index in [0.717, 1.165) is 0 Å². The highest BCUT2D eigenvalue weighted by Gasteiger charge is 2.59. The largest absolute Gasteiger partial charge is 0.456 e. The molecule has 0 N–H and O–H groups in total. The molecule has 3 rings (SSSR count). The summed E-state index contributed by atoms with van der Waals surface area (Å²) in [7, 11) is 0. The molecule has 3 saturated heterocycles. The first kappa shape index (κ1) is 8.64. The van der Waals surface area contributed by atoms with Crippen molar-refractivity contribution >= 4 is 5.97 Å². The molecule has 0 saturated carbocycles. The van der Waals surface area contributed by atoms with Crippen molar-refractivity contribution in [2.75, 3.05) is 0 Å². The van der Waals surface area contributed by atoms with E-state index in [2.05, 4.69) is 0 Å². The monoisotopic (exact) mass is 200 g/mol. The molecule has 0 aliphatic carbocycles. The quantitative estimate of drug-likeness (QED) is 0.522. The lowest BCUT2D eigenvalue weighted by Gasteiger charge is -2.20. The van der Waals surface area contributed by atoms with Crippen LogP contribution in [0.4, 0.5) is 0 Å². The van der Waals surface area contributed by atoms with E-state index in [4.69, 9.17) is 18.9 Å². The smallest absolute Gasteiger partial charge is 0.309 e. The molecule has 5 heteroatoms. The van der Waals surface area contributed by atoms with Crippen molar-refractivity contribution < 1.29 is 23.7 Å². The molecule has 0 radical (unpaired) electrons. The van der Waals surface area contributed by atoms with E-state index in [1.165, 1.54) is 0 Å². The lowest BCUT2D eigenvalue weighted by atomic mass is 10.1. The van der Waals surface area contributed by atoms with E-state index in [-0.39, 0.29) is 30.6 Å². The van der Waals surface area contributed by atoms with Gasteiger partial charge in [0.05, 0.1) is 6.42 Å². The minimum absolute atomic E-state index is 0.186. The highest BCUT2D eigenvalue weighted by atomic mass is 16.8. The molecule has 78 valence electrons. The normalized spacial score (nSPS) is 48.9. The van der Waals surface area contributed by atoms with Crippen molar-refractivity contribution in [3.05, 3.63) is 0 Å². The van der Waals surface area contributed by atoms with Crippen molar-refractivity contribution in [2.24, 2.45) is 0 Å². The molecule has 0 aromatic rings. The molecule has 3 aliphatic heterocycles. The minimum Gasteiger partial charge on any atom is -0.456 e. The molecular formula is C9H12O5. The van der Waals surface area contributed by atoms with E-state index in [9.17, 15) is 4.79 Å². The van der Waals surface area contributed by atoms with Crippen LogP contribution in [0.5, 0.6) is 0 Å². The highest BCUT2D eigenvalue weighted by Crippen LogP contribution is 2.41. The zero-order valence-corrected chi connectivity index (χ0v) is 8.06. The number of hydrogen-bond donors (Lipinski definition) is 0.